The van der Waals surface area contributed by atoms with E-state index >= 15 is 0 Å². The lowest BCUT2D eigenvalue weighted by atomic mass is 10.1. The van der Waals surface area contributed by atoms with Gasteiger partial charge in [0.15, 0.2) is 11.5 Å². The molecule has 1 aromatic heterocycles. The topological polar surface area (TPSA) is 71.9 Å². The summed E-state index contributed by atoms with van der Waals surface area (Å²) in [6.45, 7) is 1.26. The maximum atomic E-state index is 11.5. The molecule has 1 heterocycles. The molecule has 6 nitrogen and oxygen atoms in total. The van der Waals surface area contributed by atoms with E-state index in [9.17, 15) is 9.90 Å². The maximum absolute atomic E-state index is 11.5. The van der Waals surface area contributed by atoms with Crippen LogP contribution in [0.5, 0.6) is 11.5 Å². The van der Waals surface area contributed by atoms with Crippen LogP contribution >= 0.6 is 11.3 Å². The Balaban J connectivity index is 1.71. The molecule has 0 radical (unpaired) electrons. The fraction of sp³-hybridized carbons (Fsp3) is 0.273. The van der Waals surface area contributed by atoms with Crippen LogP contribution in [-0.4, -0.2) is 29.8 Å². The monoisotopic (exact) mass is 410 g/mol. The lowest BCUT2D eigenvalue weighted by Crippen LogP contribution is -2.16. The van der Waals surface area contributed by atoms with E-state index in [1.165, 1.54) is 12.8 Å². The number of carbonyl (C=O) groups is 1. The zero-order valence-electron chi connectivity index (χ0n) is 16.1. The fourth-order valence-corrected chi connectivity index (χ4v) is 3.64. The number of nitrogens with zero attached hydrogens (tertiary/aromatic N) is 2. The zero-order valence-corrected chi connectivity index (χ0v) is 16.9. The van der Waals surface area contributed by atoms with Gasteiger partial charge in [-0.2, -0.15) is 0 Å². The number of hydrogen-bond donors (Lipinski definition) is 1. The normalized spacial score (nSPS) is 13.1. The van der Waals surface area contributed by atoms with Crippen LogP contribution in [-0.2, 0) is 6.54 Å². The van der Waals surface area contributed by atoms with Gasteiger partial charge in [-0.25, -0.2) is 4.79 Å². The van der Waals surface area contributed by atoms with Crippen molar-refractivity contribution >= 4 is 28.7 Å². The van der Waals surface area contributed by atoms with Crippen molar-refractivity contribution in [2.75, 3.05) is 18.6 Å². The Labute approximate surface area is 173 Å². The fourth-order valence-electron chi connectivity index (χ4n) is 3.05. The van der Waals surface area contributed by atoms with Crippen LogP contribution in [0.1, 0.15) is 28.1 Å². The quantitative estimate of drug-likeness (QED) is 0.537. The number of hydrogen-bond acceptors (Lipinski definition) is 6. The lowest BCUT2D eigenvalue weighted by Gasteiger charge is -2.26. The smallest absolute Gasteiger partial charge is 0.335 e. The Morgan fingerprint density at radius 1 is 1.21 bits per heavy atom. The zero-order chi connectivity index (χ0) is 20.2. The minimum Gasteiger partial charge on any atom is -0.493 e. The highest BCUT2D eigenvalue weighted by atomic mass is 32.1. The summed E-state index contributed by atoms with van der Waals surface area (Å²) in [4.78, 5) is 18.8. The van der Waals surface area contributed by atoms with Crippen molar-refractivity contribution in [1.82, 2.24) is 4.98 Å². The van der Waals surface area contributed by atoms with Gasteiger partial charge in [-0.1, -0.05) is 6.07 Å². The molecule has 1 fully saturated rings. The second-order valence-electron chi connectivity index (χ2n) is 7.00. The van der Waals surface area contributed by atoms with E-state index in [0.717, 1.165) is 16.3 Å². The first-order chi connectivity index (χ1) is 14.1. The summed E-state index contributed by atoms with van der Waals surface area (Å²) in [6.07, 6.45) is 4.25. The van der Waals surface area contributed by atoms with Crippen LogP contribution in [0.4, 0.5) is 11.4 Å². The van der Waals surface area contributed by atoms with Crippen molar-refractivity contribution in [3.05, 3.63) is 64.6 Å². The number of aromatic carboxylic acids is 1. The maximum Gasteiger partial charge on any atom is 0.335 e. The average Bonchev–Trinajstić information content (AvgIpc) is 3.43. The molecular formula is C22H22N2O4S. The molecule has 0 amide bonds. The highest BCUT2D eigenvalue weighted by Crippen LogP contribution is 2.38. The van der Waals surface area contributed by atoms with Gasteiger partial charge in [0.1, 0.15) is 0 Å². The highest BCUT2D eigenvalue weighted by Gasteiger charge is 2.23. The number of benzene rings is 2. The van der Waals surface area contributed by atoms with Gasteiger partial charge in [-0.15, -0.1) is 11.3 Å². The predicted octanol–water partition coefficient (Wildman–Crippen LogP) is 4.98. The first-order valence-corrected chi connectivity index (χ1v) is 10.3. The van der Waals surface area contributed by atoms with Crippen molar-refractivity contribution in [3.63, 3.8) is 0 Å². The minimum absolute atomic E-state index is 0.246. The van der Waals surface area contributed by atoms with Gasteiger partial charge in [0, 0.05) is 28.5 Å². The molecular weight excluding hydrogens is 388 g/mol. The Morgan fingerprint density at radius 3 is 2.72 bits per heavy atom. The molecule has 0 bridgehead atoms. The summed E-state index contributed by atoms with van der Waals surface area (Å²) >= 11 is 1.56. The number of aromatic nitrogens is 1. The van der Waals surface area contributed by atoms with E-state index in [4.69, 9.17) is 9.47 Å². The van der Waals surface area contributed by atoms with Crippen molar-refractivity contribution in [3.8, 4) is 11.5 Å². The Bertz CT molecular complexity index is 986. The molecule has 0 aliphatic heterocycles. The molecule has 150 valence electrons. The molecule has 0 unspecified atom stereocenters. The number of rotatable bonds is 9. The second-order valence-corrected chi connectivity index (χ2v) is 7.97. The van der Waals surface area contributed by atoms with Gasteiger partial charge < -0.3 is 19.5 Å². The molecule has 0 spiro atoms. The van der Waals surface area contributed by atoms with Crippen LogP contribution in [0.15, 0.2) is 54.2 Å². The second kappa shape index (κ2) is 8.53. The third-order valence-electron chi connectivity index (χ3n) is 4.83. The molecule has 7 heteroatoms. The molecule has 2 aromatic carbocycles. The first-order valence-electron chi connectivity index (χ1n) is 9.43. The lowest BCUT2D eigenvalue weighted by molar-refractivity contribution is 0.0697. The van der Waals surface area contributed by atoms with Crippen molar-refractivity contribution in [2.45, 2.75) is 19.4 Å². The third kappa shape index (κ3) is 4.68. The Kier molecular flexibility index (Phi) is 5.67. The number of ether oxygens (including phenoxy) is 2. The summed E-state index contributed by atoms with van der Waals surface area (Å²) in [5.41, 5.74) is 3.72. The van der Waals surface area contributed by atoms with Gasteiger partial charge in [0.2, 0.25) is 0 Å². The molecule has 4 rings (SSSR count). The summed E-state index contributed by atoms with van der Waals surface area (Å²) in [5.74, 6) is 1.06. The van der Waals surface area contributed by atoms with Crippen molar-refractivity contribution < 1.29 is 19.4 Å². The molecule has 3 aromatic rings. The molecule has 1 aliphatic carbocycles. The standard InChI is InChI=1S/C22H22N2O4S/c1-27-20-8-7-18(10-21(20)28-13-15-5-6-15)24(12-19-11-23-14-29-19)17-4-2-3-16(9-17)22(25)26/h2-4,7-11,14-15H,5-6,12-13H2,1H3,(H,25,26). The van der Waals surface area contributed by atoms with E-state index < -0.39 is 5.97 Å². The van der Waals surface area contributed by atoms with Gasteiger partial charge in [-0.05, 0) is 49.1 Å². The molecule has 1 saturated carbocycles. The van der Waals surface area contributed by atoms with Gasteiger partial charge in [0.25, 0.3) is 0 Å². The van der Waals surface area contributed by atoms with E-state index in [1.54, 1.807) is 42.2 Å². The summed E-state index contributed by atoms with van der Waals surface area (Å²) in [7, 11) is 1.63. The number of anilines is 2. The molecule has 0 saturated heterocycles. The average molecular weight is 410 g/mol. The van der Waals surface area contributed by atoms with Gasteiger partial charge >= 0.3 is 5.97 Å². The van der Waals surface area contributed by atoms with Crippen LogP contribution < -0.4 is 14.4 Å². The van der Waals surface area contributed by atoms with E-state index in [2.05, 4.69) is 9.88 Å². The van der Waals surface area contributed by atoms with Crippen molar-refractivity contribution in [2.24, 2.45) is 5.92 Å². The Hall–Kier alpha value is -3.06. The molecule has 0 atom stereocenters. The number of methoxy groups -OCH3 is 1. The van der Waals surface area contributed by atoms with Crippen LogP contribution in [0.3, 0.4) is 0 Å². The number of carboxylic acid groups (broad SMARTS) is 1. The van der Waals surface area contributed by atoms with E-state index in [-0.39, 0.29) is 5.56 Å². The summed E-state index contributed by atoms with van der Waals surface area (Å²) < 4.78 is 11.5. The summed E-state index contributed by atoms with van der Waals surface area (Å²) in [6, 6.07) is 12.7. The van der Waals surface area contributed by atoms with E-state index in [0.29, 0.717) is 30.6 Å². The number of carboxylic acids is 1. The third-order valence-corrected chi connectivity index (χ3v) is 5.60. The van der Waals surface area contributed by atoms with Crippen LogP contribution in [0, 0.1) is 5.92 Å². The van der Waals surface area contributed by atoms with Crippen LogP contribution in [0.2, 0.25) is 0 Å². The minimum atomic E-state index is -0.951. The predicted molar refractivity (Wildman–Crippen MR) is 113 cm³/mol. The van der Waals surface area contributed by atoms with Crippen molar-refractivity contribution in [1.29, 1.82) is 0 Å². The largest absolute Gasteiger partial charge is 0.493 e. The highest BCUT2D eigenvalue weighted by molar-refractivity contribution is 7.09. The molecule has 29 heavy (non-hydrogen) atoms. The molecule has 1 N–H and O–H groups in total. The molecule has 1 aliphatic rings. The van der Waals surface area contributed by atoms with E-state index in [1.807, 2.05) is 30.5 Å². The Morgan fingerprint density at radius 2 is 2.03 bits per heavy atom. The van der Waals surface area contributed by atoms with Gasteiger partial charge in [0.05, 0.1) is 31.3 Å². The summed E-state index contributed by atoms with van der Waals surface area (Å²) in [5, 5.41) is 9.40. The van der Waals surface area contributed by atoms with Crippen LogP contribution in [0.25, 0.3) is 0 Å². The first kappa shape index (κ1) is 19.3. The van der Waals surface area contributed by atoms with Gasteiger partial charge in [-0.3, -0.25) is 4.98 Å². The SMILES string of the molecule is COc1ccc(N(Cc2cncs2)c2cccc(C(=O)O)c2)cc1OCC1CC1. The number of thiazole rings is 1.